The number of nitrogens with zero attached hydrogens (tertiary/aromatic N) is 2. The first-order chi connectivity index (χ1) is 12.6. The fourth-order valence-corrected chi connectivity index (χ4v) is 3.99. The number of hydrogen-bond donors (Lipinski definition) is 2. The van der Waals surface area contributed by atoms with Crippen LogP contribution in [-0.2, 0) is 11.4 Å². The quantitative estimate of drug-likeness (QED) is 0.784. The number of aryl methyl sites for hydroxylation is 1. The highest BCUT2D eigenvalue weighted by molar-refractivity contribution is 5.90. The number of carbonyl (C=O) groups is 1. The average Bonchev–Trinajstić information content (AvgIpc) is 3.19. The third kappa shape index (κ3) is 5.20. The third-order valence-corrected chi connectivity index (χ3v) is 5.11. The molecule has 7 nitrogen and oxygen atoms in total. The molecule has 8 heteroatoms. The largest absolute Gasteiger partial charge is 0.484 e. The van der Waals surface area contributed by atoms with Crippen molar-refractivity contribution in [3.63, 3.8) is 0 Å². The highest BCUT2D eigenvalue weighted by Crippen LogP contribution is 2.32. The van der Waals surface area contributed by atoms with E-state index in [2.05, 4.69) is 20.8 Å². The number of fused-ring (bicyclic) bond motifs is 2. The van der Waals surface area contributed by atoms with E-state index in [0.717, 1.165) is 18.5 Å². The molecule has 2 N–H and O–H groups in total. The van der Waals surface area contributed by atoms with E-state index in [9.17, 15) is 4.79 Å². The van der Waals surface area contributed by atoms with Crippen LogP contribution in [0.3, 0.4) is 0 Å². The monoisotopic (exact) mass is 392 g/mol. The Morgan fingerprint density at radius 2 is 1.96 bits per heavy atom. The molecule has 146 valence electrons. The molecule has 2 fully saturated rings. The van der Waals surface area contributed by atoms with E-state index in [1.165, 1.54) is 12.8 Å². The van der Waals surface area contributed by atoms with Gasteiger partial charge in [-0.3, -0.25) is 4.79 Å². The number of rotatable bonds is 6. The Bertz CT molecular complexity index is 753. The number of piperidine rings is 1. The Morgan fingerprint density at radius 1 is 1.26 bits per heavy atom. The predicted octanol–water partition coefficient (Wildman–Crippen LogP) is 3.24. The Balaban J connectivity index is 0.00000210. The maximum atomic E-state index is 12.3. The van der Waals surface area contributed by atoms with E-state index < -0.39 is 0 Å². The van der Waals surface area contributed by atoms with E-state index >= 15 is 0 Å². The minimum atomic E-state index is 0. The maximum absolute atomic E-state index is 12.3. The zero-order valence-electron chi connectivity index (χ0n) is 15.3. The molecule has 2 aromatic rings. The molecule has 4 rings (SSSR count). The van der Waals surface area contributed by atoms with Crippen LogP contribution in [0.15, 0.2) is 28.8 Å². The summed E-state index contributed by atoms with van der Waals surface area (Å²) in [6.45, 7) is 1.99. The number of hydrogen-bond acceptors (Lipinski definition) is 6. The van der Waals surface area contributed by atoms with Crippen LogP contribution in [-0.4, -0.2) is 28.1 Å². The molecule has 1 aromatic carbocycles. The van der Waals surface area contributed by atoms with E-state index in [4.69, 9.17) is 9.26 Å². The lowest BCUT2D eigenvalue weighted by Crippen LogP contribution is -2.39. The Kier molecular flexibility index (Phi) is 6.34. The molecule has 1 aromatic heterocycles. The highest BCUT2D eigenvalue weighted by Gasteiger charge is 2.34. The van der Waals surface area contributed by atoms with Crippen LogP contribution in [0.4, 0.5) is 5.69 Å². The SMILES string of the molecule is Cc1noc(COc2ccc(NC(=O)CC3CC4CCC(C3)N4)cc2)n1.Cl. The fraction of sp³-hybridized carbons (Fsp3) is 0.526. The van der Waals surface area contributed by atoms with Crippen LogP contribution < -0.4 is 15.4 Å². The van der Waals surface area contributed by atoms with Gasteiger partial charge in [0.15, 0.2) is 12.4 Å². The Labute approximate surface area is 164 Å². The molecule has 2 aliphatic heterocycles. The molecule has 0 saturated carbocycles. The van der Waals surface area contributed by atoms with Crippen LogP contribution >= 0.6 is 12.4 Å². The summed E-state index contributed by atoms with van der Waals surface area (Å²) in [5.41, 5.74) is 0.785. The molecule has 0 aliphatic carbocycles. The number of aromatic nitrogens is 2. The summed E-state index contributed by atoms with van der Waals surface area (Å²) in [5, 5.41) is 10.3. The zero-order chi connectivity index (χ0) is 17.9. The van der Waals surface area contributed by atoms with Gasteiger partial charge in [0.2, 0.25) is 5.91 Å². The van der Waals surface area contributed by atoms with Gasteiger partial charge in [0.05, 0.1) is 0 Å². The van der Waals surface area contributed by atoms with Crippen molar-refractivity contribution in [2.75, 3.05) is 5.32 Å². The van der Waals surface area contributed by atoms with E-state index in [1.54, 1.807) is 6.92 Å². The molecule has 2 bridgehead atoms. The molecule has 2 atom stereocenters. The highest BCUT2D eigenvalue weighted by atomic mass is 35.5. The lowest BCUT2D eigenvalue weighted by molar-refractivity contribution is -0.117. The molecular weight excluding hydrogens is 368 g/mol. The summed E-state index contributed by atoms with van der Waals surface area (Å²) in [6.07, 6.45) is 5.35. The normalized spacial score (nSPS) is 23.5. The summed E-state index contributed by atoms with van der Waals surface area (Å²) in [6, 6.07) is 8.57. The lowest BCUT2D eigenvalue weighted by Gasteiger charge is -2.28. The first-order valence-electron chi connectivity index (χ1n) is 9.22. The fourth-order valence-electron chi connectivity index (χ4n) is 3.99. The van der Waals surface area contributed by atoms with E-state index in [0.29, 0.717) is 41.9 Å². The molecule has 2 saturated heterocycles. The van der Waals surface area contributed by atoms with E-state index in [-0.39, 0.29) is 24.9 Å². The average molecular weight is 393 g/mol. The smallest absolute Gasteiger partial charge is 0.264 e. The summed E-state index contributed by atoms with van der Waals surface area (Å²) in [5.74, 6) is 2.30. The minimum Gasteiger partial charge on any atom is -0.484 e. The maximum Gasteiger partial charge on any atom is 0.264 e. The molecule has 0 spiro atoms. The summed E-state index contributed by atoms with van der Waals surface area (Å²) >= 11 is 0. The zero-order valence-corrected chi connectivity index (χ0v) is 16.1. The van der Waals surface area contributed by atoms with Crippen molar-refractivity contribution in [3.05, 3.63) is 36.0 Å². The second-order valence-electron chi connectivity index (χ2n) is 7.28. The van der Waals surface area contributed by atoms with Gasteiger partial charge in [-0.25, -0.2) is 0 Å². The van der Waals surface area contributed by atoms with Crippen molar-refractivity contribution in [3.8, 4) is 5.75 Å². The van der Waals surface area contributed by atoms with Crippen molar-refractivity contribution >= 4 is 24.0 Å². The topological polar surface area (TPSA) is 89.3 Å². The standard InChI is InChI=1S/C19H24N4O3.ClH/c1-12-20-19(26-23-12)11-25-17-6-4-14(5-7-17)22-18(24)10-13-8-15-2-3-16(9-13)21-15;/h4-7,13,15-16,21H,2-3,8-11H2,1H3,(H,22,24);1H. The second-order valence-corrected chi connectivity index (χ2v) is 7.28. The van der Waals surface area contributed by atoms with Gasteiger partial charge in [-0.1, -0.05) is 5.16 Å². The molecule has 27 heavy (non-hydrogen) atoms. The molecule has 0 radical (unpaired) electrons. The van der Waals surface area contributed by atoms with Gasteiger partial charge in [0.1, 0.15) is 5.75 Å². The van der Waals surface area contributed by atoms with Gasteiger partial charge in [0.25, 0.3) is 5.89 Å². The number of nitrogens with one attached hydrogen (secondary N) is 2. The second kappa shape index (κ2) is 8.71. The number of ether oxygens (including phenoxy) is 1. The number of carbonyl (C=O) groups excluding carboxylic acids is 1. The van der Waals surface area contributed by atoms with Crippen LogP contribution in [0.2, 0.25) is 0 Å². The van der Waals surface area contributed by atoms with Crippen molar-refractivity contribution in [2.24, 2.45) is 5.92 Å². The predicted molar refractivity (Wildman–Crippen MR) is 103 cm³/mol. The van der Waals surface area contributed by atoms with Gasteiger partial charge in [0, 0.05) is 24.2 Å². The van der Waals surface area contributed by atoms with Crippen LogP contribution in [0.25, 0.3) is 0 Å². The number of amides is 1. The summed E-state index contributed by atoms with van der Waals surface area (Å²) < 4.78 is 10.6. The molecule has 2 unspecified atom stereocenters. The van der Waals surface area contributed by atoms with Crippen molar-refractivity contribution in [1.29, 1.82) is 0 Å². The Morgan fingerprint density at radius 3 is 2.59 bits per heavy atom. The summed E-state index contributed by atoms with van der Waals surface area (Å²) in [7, 11) is 0. The minimum absolute atomic E-state index is 0. The number of benzene rings is 1. The van der Waals surface area contributed by atoms with Gasteiger partial charge < -0.3 is 19.9 Å². The van der Waals surface area contributed by atoms with Crippen LogP contribution in [0.5, 0.6) is 5.75 Å². The lowest BCUT2D eigenvalue weighted by atomic mass is 9.89. The molecule has 1 amide bonds. The Hall–Kier alpha value is -2.12. The third-order valence-electron chi connectivity index (χ3n) is 5.11. The first-order valence-corrected chi connectivity index (χ1v) is 9.22. The van der Waals surface area contributed by atoms with Gasteiger partial charge in [-0.05, 0) is 62.8 Å². The van der Waals surface area contributed by atoms with Crippen molar-refractivity contribution in [2.45, 2.75) is 57.7 Å². The van der Waals surface area contributed by atoms with Gasteiger partial charge >= 0.3 is 0 Å². The number of anilines is 1. The summed E-state index contributed by atoms with van der Waals surface area (Å²) in [4.78, 5) is 16.4. The van der Waals surface area contributed by atoms with Gasteiger partial charge in [-0.15, -0.1) is 12.4 Å². The van der Waals surface area contributed by atoms with Crippen LogP contribution in [0, 0.1) is 12.8 Å². The van der Waals surface area contributed by atoms with Crippen LogP contribution in [0.1, 0.15) is 43.8 Å². The van der Waals surface area contributed by atoms with Gasteiger partial charge in [-0.2, -0.15) is 4.98 Å². The van der Waals surface area contributed by atoms with E-state index in [1.807, 2.05) is 24.3 Å². The molecule has 2 aliphatic rings. The first kappa shape index (κ1) is 19.6. The van der Waals surface area contributed by atoms with Crippen molar-refractivity contribution in [1.82, 2.24) is 15.5 Å². The van der Waals surface area contributed by atoms with Crippen molar-refractivity contribution < 1.29 is 14.1 Å². The number of halogens is 1. The molecular formula is C19H25ClN4O3. The molecule has 3 heterocycles.